The molecule has 0 saturated carbocycles. The van der Waals surface area contributed by atoms with Crippen LogP contribution in [0.2, 0.25) is 0 Å². The minimum absolute atomic E-state index is 0.0497. The molecule has 3 heteroatoms. The molecule has 0 atom stereocenters. The van der Waals surface area contributed by atoms with Crippen LogP contribution in [0.5, 0.6) is 0 Å². The summed E-state index contributed by atoms with van der Waals surface area (Å²) in [6.45, 7) is 0. The maximum absolute atomic E-state index is 11.6. The second-order valence-corrected chi connectivity index (χ2v) is 3.15. The van der Waals surface area contributed by atoms with E-state index < -0.39 is 0 Å². The summed E-state index contributed by atoms with van der Waals surface area (Å²) in [7, 11) is 3.69. The molecule has 66 valence electrons. The summed E-state index contributed by atoms with van der Waals surface area (Å²) in [4.78, 5) is 11.6. The molecular formula is C10H11N2O+. The van der Waals surface area contributed by atoms with Gasteiger partial charge in [-0.05, 0) is 6.07 Å². The van der Waals surface area contributed by atoms with E-state index in [2.05, 4.69) is 0 Å². The van der Waals surface area contributed by atoms with E-state index >= 15 is 0 Å². The zero-order valence-electron chi connectivity index (χ0n) is 7.69. The molecule has 0 unspecified atom stereocenters. The third-order valence-electron chi connectivity index (χ3n) is 2.24. The van der Waals surface area contributed by atoms with Gasteiger partial charge in [-0.3, -0.25) is 4.79 Å². The van der Waals surface area contributed by atoms with Gasteiger partial charge in [0.05, 0.1) is 0 Å². The van der Waals surface area contributed by atoms with Crippen molar-refractivity contribution in [2.75, 3.05) is 0 Å². The fourth-order valence-electron chi connectivity index (χ4n) is 1.45. The van der Waals surface area contributed by atoms with Crippen LogP contribution in [0, 0.1) is 0 Å². The first-order valence-electron chi connectivity index (χ1n) is 4.14. The maximum atomic E-state index is 11.6. The molecule has 2 aromatic heterocycles. The molecule has 0 aromatic carbocycles. The smallest absolute Gasteiger partial charge is 0.264 e. The molecule has 2 heterocycles. The van der Waals surface area contributed by atoms with Gasteiger partial charge in [-0.15, -0.1) is 0 Å². The normalized spacial score (nSPS) is 10.6. The van der Waals surface area contributed by atoms with Gasteiger partial charge in [-0.1, -0.05) is 0 Å². The minimum Gasteiger partial charge on any atom is -0.318 e. The number of pyridine rings is 2. The molecule has 0 aliphatic carbocycles. The molecule has 0 aliphatic rings. The lowest BCUT2D eigenvalue weighted by Gasteiger charge is -1.98. The van der Waals surface area contributed by atoms with Crippen molar-refractivity contribution in [1.29, 1.82) is 0 Å². The van der Waals surface area contributed by atoms with Gasteiger partial charge in [0.15, 0.2) is 6.20 Å². The Labute approximate surface area is 75.9 Å². The molecule has 0 saturated heterocycles. The van der Waals surface area contributed by atoms with Crippen LogP contribution in [0.1, 0.15) is 0 Å². The van der Waals surface area contributed by atoms with Crippen LogP contribution in [0.4, 0.5) is 0 Å². The van der Waals surface area contributed by atoms with Gasteiger partial charge in [0.25, 0.3) is 5.56 Å². The Morgan fingerprint density at radius 2 is 2.15 bits per heavy atom. The van der Waals surface area contributed by atoms with E-state index in [0.29, 0.717) is 0 Å². The molecule has 0 N–H and O–H groups in total. The highest BCUT2D eigenvalue weighted by Gasteiger charge is 2.06. The number of rotatable bonds is 0. The second-order valence-electron chi connectivity index (χ2n) is 3.15. The van der Waals surface area contributed by atoms with Gasteiger partial charge in [-0.2, -0.15) is 0 Å². The van der Waals surface area contributed by atoms with Crippen molar-refractivity contribution < 1.29 is 4.57 Å². The van der Waals surface area contributed by atoms with E-state index in [-0.39, 0.29) is 5.56 Å². The fourth-order valence-corrected chi connectivity index (χ4v) is 1.45. The topological polar surface area (TPSA) is 25.9 Å². The highest BCUT2D eigenvalue weighted by Crippen LogP contribution is 2.01. The van der Waals surface area contributed by atoms with Gasteiger partial charge < -0.3 is 4.57 Å². The molecular weight excluding hydrogens is 164 g/mol. The van der Waals surface area contributed by atoms with Gasteiger partial charge in [0.1, 0.15) is 12.4 Å². The van der Waals surface area contributed by atoms with Crippen LogP contribution < -0.4 is 10.1 Å². The maximum Gasteiger partial charge on any atom is 0.264 e. The van der Waals surface area contributed by atoms with Crippen molar-refractivity contribution in [3.8, 4) is 0 Å². The highest BCUT2D eigenvalue weighted by molar-refractivity contribution is 5.73. The standard InChI is InChI=1S/C10H11N2O/c1-11-6-3-4-8-9(11)5-7-12(2)10(8)13/h3-7H,1-2H3/q+1. The third kappa shape index (κ3) is 1.13. The monoisotopic (exact) mass is 175 g/mol. The summed E-state index contributed by atoms with van der Waals surface area (Å²) in [6, 6.07) is 5.66. The largest absolute Gasteiger partial charge is 0.318 e. The van der Waals surface area contributed by atoms with Gasteiger partial charge in [0.2, 0.25) is 5.52 Å². The first kappa shape index (κ1) is 7.98. The quantitative estimate of drug-likeness (QED) is 0.531. The molecule has 0 amide bonds. The van der Waals surface area contributed by atoms with E-state index in [4.69, 9.17) is 0 Å². The molecule has 0 bridgehead atoms. The lowest BCUT2D eigenvalue weighted by molar-refractivity contribution is -0.644. The van der Waals surface area contributed by atoms with Crippen LogP contribution in [0.3, 0.4) is 0 Å². The Morgan fingerprint density at radius 3 is 2.92 bits per heavy atom. The van der Waals surface area contributed by atoms with Crippen molar-refractivity contribution in [2.45, 2.75) is 0 Å². The predicted octanol–water partition coefficient (Wildman–Crippen LogP) is 0.363. The van der Waals surface area contributed by atoms with Crippen LogP contribution in [0.15, 0.2) is 35.4 Å². The number of aryl methyl sites for hydroxylation is 2. The third-order valence-corrected chi connectivity index (χ3v) is 2.24. The SMILES string of the molecule is Cn1ccc2c(ccc[n+]2C)c1=O. The molecule has 13 heavy (non-hydrogen) atoms. The van der Waals surface area contributed by atoms with Crippen molar-refractivity contribution in [2.24, 2.45) is 14.1 Å². The van der Waals surface area contributed by atoms with Crippen LogP contribution in [-0.2, 0) is 14.1 Å². The predicted molar refractivity (Wildman–Crippen MR) is 50.4 cm³/mol. The van der Waals surface area contributed by atoms with E-state index in [0.717, 1.165) is 10.9 Å². The first-order chi connectivity index (χ1) is 6.20. The zero-order valence-corrected chi connectivity index (χ0v) is 7.69. The molecule has 0 spiro atoms. The zero-order chi connectivity index (χ0) is 9.42. The Morgan fingerprint density at radius 1 is 1.38 bits per heavy atom. The molecule has 0 aliphatic heterocycles. The van der Waals surface area contributed by atoms with Crippen LogP contribution >= 0.6 is 0 Å². The van der Waals surface area contributed by atoms with E-state index in [1.165, 1.54) is 0 Å². The fraction of sp³-hybridized carbons (Fsp3) is 0.200. The van der Waals surface area contributed by atoms with Crippen molar-refractivity contribution in [3.05, 3.63) is 40.9 Å². The number of fused-ring (bicyclic) bond motifs is 1. The van der Waals surface area contributed by atoms with E-state index in [1.54, 1.807) is 17.8 Å². The van der Waals surface area contributed by atoms with Gasteiger partial charge in [-0.25, -0.2) is 4.57 Å². The van der Waals surface area contributed by atoms with Gasteiger partial charge in [0, 0.05) is 25.4 Å². The van der Waals surface area contributed by atoms with Crippen molar-refractivity contribution in [1.82, 2.24) is 4.57 Å². The number of hydrogen-bond donors (Lipinski definition) is 0. The highest BCUT2D eigenvalue weighted by atomic mass is 16.1. The summed E-state index contributed by atoms with van der Waals surface area (Å²) in [5.74, 6) is 0. The molecule has 3 nitrogen and oxygen atoms in total. The molecule has 0 fully saturated rings. The van der Waals surface area contributed by atoms with Crippen LogP contribution in [0.25, 0.3) is 10.9 Å². The number of nitrogens with zero attached hydrogens (tertiary/aromatic N) is 2. The first-order valence-corrected chi connectivity index (χ1v) is 4.14. The Kier molecular flexibility index (Phi) is 1.65. The molecule has 2 rings (SSSR count). The van der Waals surface area contributed by atoms with Crippen molar-refractivity contribution in [3.63, 3.8) is 0 Å². The lowest BCUT2D eigenvalue weighted by atomic mass is 10.2. The molecule has 2 aromatic rings. The summed E-state index contributed by atoms with van der Waals surface area (Å²) in [6.07, 6.45) is 3.71. The summed E-state index contributed by atoms with van der Waals surface area (Å²) >= 11 is 0. The summed E-state index contributed by atoms with van der Waals surface area (Å²) < 4.78 is 3.53. The number of aromatic nitrogens is 2. The Balaban J connectivity index is 3.03. The average Bonchev–Trinajstić information content (AvgIpc) is 2.12. The minimum atomic E-state index is 0.0497. The van der Waals surface area contributed by atoms with E-state index in [1.807, 2.05) is 36.0 Å². The summed E-state index contributed by atoms with van der Waals surface area (Å²) in [5.41, 5.74) is 1.01. The van der Waals surface area contributed by atoms with Crippen molar-refractivity contribution >= 4 is 10.9 Å². The average molecular weight is 175 g/mol. The van der Waals surface area contributed by atoms with E-state index in [9.17, 15) is 4.79 Å². The van der Waals surface area contributed by atoms with Gasteiger partial charge >= 0.3 is 0 Å². The second kappa shape index (κ2) is 2.69. The molecule has 0 radical (unpaired) electrons. The summed E-state index contributed by atoms with van der Waals surface area (Å²) in [5, 5.41) is 0.759. The number of hydrogen-bond acceptors (Lipinski definition) is 1. The van der Waals surface area contributed by atoms with Crippen LogP contribution in [-0.4, -0.2) is 4.57 Å². The lowest BCUT2D eigenvalue weighted by Crippen LogP contribution is -2.30. The Bertz CT molecular complexity index is 514. The Hall–Kier alpha value is -1.64.